The number of carboxylic acid groups (broad SMARTS) is 1. The van der Waals surface area contributed by atoms with Gasteiger partial charge in [0.1, 0.15) is 12.1 Å². The van der Waals surface area contributed by atoms with Crippen molar-refractivity contribution in [3.8, 4) is 0 Å². The van der Waals surface area contributed by atoms with E-state index in [1.165, 1.54) is 57.8 Å². The van der Waals surface area contributed by atoms with Crippen molar-refractivity contribution in [2.75, 3.05) is 6.54 Å². The van der Waals surface area contributed by atoms with E-state index < -0.39 is 12.0 Å². The van der Waals surface area contributed by atoms with E-state index in [0.29, 0.717) is 32.2 Å². The summed E-state index contributed by atoms with van der Waals surface area (Å²) in [6.07, 6.45) is 44.4. The highest BCUT2D eigenvalue weighted by molar-refractivity contribution is 5.83. The number of carboxylic acids is 1. The number of hydrogen-bond acceptors (Lipinski definition) is 5. The van der Waals surface area contributed by atoms with Crippen LogP contribution >= 0.6 is 0 Å². The van der Waals surface area contributed by atoms with Crippen LogP contribution < -0.4 is 11.1 Å². The molecule has 2 atom stereocenters. The van der Waals surface area contributed by atoms with Crippen molar-refractivity contribution in [1.29, 1.82) is 0 Å². The number of allylic oxidation sites excluding steroid dienone is 8. The number of esters is 1. The number of carbonyl (C=O) groups is 3. The lowest BCUT2D eigenvalue weighted by Gasteiger charge is -2.18. The predicted molar refractivity (Wildman–Crippen MR) is 211 cm³/mol. The summed E-state index contributed by atoms with van der Waals surface area (Å²) in [6.45, 7) is 4.79. The topological polar surface area (TPSA) is 119 Å². The summed E-state index contributed by atoms with van der Waals surface area (Å²) in [5, 5.41) is 11.9. The average molecular weight is 701 g/mol. The van der Waals surface area contributed by atoms with Crippen LogP contribution in [-0.2, 0) is 19.1 Å². The summed E-state index contributed by atoms with van der Waals surface area (Å²) >= 11 is 0. The minimum absolute atomic E-state index is 0.0193. The molecule has 2 unspecified atom stereocenters. The van der Waals surface area contributed by atoms with E-state index in [9.17, 15) is 19.5 Å². The van der Waals surface area contributed by atoms with Crippen LogP contribution in [0.1, 0.15) is 187 Å². The predicted octanol–water partition coefficient (Wildman–Crippen LogP) is 11.2. The standard InChI is InChI=1S/C43H76N2O5/c1-3-5-7-9-11-12-13-14-15-16-17-18-19-20-21-22-23-25-31-37-42(47)50-39(33-28-24-10-8-6-4-2)34-29-26-27-30-36-41(46)45-40(43(48)49)35-32-38-44/h5,7,11-12,14-15,17-18,39-40H,3-4,6,8-10,13,16,19-38,44H2,1-2H3,(H,45,46)(H,48,49)/b7-5-,12-11-,15-14-,18-17-. The Balaban J connectivity index is 4.15. The van der Waals surface area contributed by atoms with Crippen molar-refractivity contribution >= 4 is 17.8 Å². The second-order valence-electron chi connectivity index (χ2n) is 13.7. The molecule has 0 aliphatic carbocycles. The van der Waals surface area contributed by atoms with Crippen LogP contribution in [0.5, 0.6) is 0 Å². The number of hydrogen-bond donors (Lipinski definition) is 3. The average Bonchev–Trinajstić information content (AvgIpc) is 3.10. The van der Waals surface area contributed by atoms with Gasteiger partial charge in [-0.2, -0.15) is 0 Å². The third-order valence-corrected chi connectivity index (χ3v) is 8.91. The molecule has 288 valence electrons. The molecular weight excluding hydrogens is 624 g/mol. The fourth-order valence-corrected chi connectivity index (χ4v) is 5.85. The second kappa shape index (κ2) is 37.6. The molecule has 0 aliphatic rings. The normalized spacial score (nSPS) is 13.2. The second-order valence-corrected chi connectivity index (χ2v) is 13.7. The molecular formula is C43H76N2O5. The summed E-state index contributed by atoms with van der Waals surface area (Å²) < 4.78 is 5.97. The van der Waals surface area contributed by atoms with Gasteiger partial charge in [0.15, 0.2) is 0 Å². The highest BCUT2D eigenvalue weighted by atomic mass is 16.5. The van der Waals surface area contributed by atoms with Gasteiger partial charge in [0, 0.05) is 12.8 Å². The van der Waals surface area contributed by atoms with Crippen molar-refractivity contribution in [3.63, 3.8) is 0 Å². The van der Waals surface area contributed by atoms with E-state index in [0.717, 1.165) is 89.9 Å². The molecule has 0 heterocycles. The van der Waals surface area contributed by atoms with Gasteiger partial charge < -0.3 is 20.9 Å². The van der Waals surface area contributed by atoms with Crippen molar-refractivity contribution in [3.05, 3.63) is 48.6 Å². The van der Waals surface area contributed by atoms with Crippen LogP contribution in [0, 0.1) is 0 Å². The number of nitrogens with two attached hydrogens (primary N) is 1. The smallest absolute Gasteiger partial charge is 0.326 e. The molecule has 0 saturated heterocycles. The van der Waals surface area contributed by atoms with E-state index in [1.54, 1.807) is 0 Å². The molecule has 0 aliphatic heterocycles. The van der Waals surface area contributed by atoms with Crippen LogP contribution in [0.15, 0.2) is 48.6 Å². The number of unbranched alkanes of at least 4 members (excludes halogenated alkanes) is 14. The van der Waals surface area contributed by atoms with Crippen molar-refractivity contribution in [2.45, 2.75) is 199 Å². The van der Waals surface area contributed by atoms with E-state index in [4.69, 9.17) is 10.5 Å². The van der Waals surface area contributed by atoms with Gasteiger partial charge in [-0.3, -0.25) is 9.59 Å². The molecule has 0 rings (SSSR count). The number of ether oxygens (including phenoxy) is 1. The van der Waals surface area contributed by atoms with E-state index >= 15 is 0 Å². The van der Waals surface area contributed by atoms with Gasteiger partial charge >= 0.3 is 11.9 Å². The lowest BCUT2D eigenvalue weighted by Crippen LogP contribution is -2.40. The number of aliphatic carboxylic acids is 1. The van der Waals surface area contributed by atoms with Gasteiger partial charge in [-0.1, -0.05) is 133 Å². The highest BCUT2D eigenvalue weighted by Crippen LogP contribution is 2.18. The maximum Gasteiger partial charge on any atom is 0.326 e. The van der Waals surface area contributed by atoms with Crippen LogP contribution in [0.2, 0.25) is 0 Å². The summed E-state index contributed by atoms with van der Waals surface area (Å²) in [5.74, 6) is -1.28. The number of nitrogens with one attached hydrogen (secondary N) is 1. The SMILES string of the molecule is CC/C=C\C/C=C\C/C=C\C/C=C\CCCCCCCCC(=O)OC(CCCCCCCC)CCCCCCC(=O)NC(CCCN)C(=O)O. The molecule has 0 fully saturated rings. The zero-order chi connectivity index (χ0) is 36.8. The number of rotatable bonds is 36. The van der Waals surface area contributed by atoms with Gasteiger partial charge in [-0.25, -0.2) is 4.79 Å². The van der Waals surface area contributed by atoms with Gasteiger partial charge in [0.2, 0.25) is 5.91 Å². The third-order valence-electron chi connectivity index (χ3n) is 8.91. The molecule has 7 nitrogen and oxygen atoms in total. The molecule has 0 aromatic carbocycles. The van der Waals surface area contributed by atoms with Gasteiger partial charge in [-0.15, -0.1) is 0 Å². The Morgan fingerprint density at radius 2 is 1.10 bits per heavy atom. The minimum atomic E-state index is -1.01. The van der Waals surface area contributed by atoms with Crippen LogP contribution in [0.25, 0.3) is 0 Å². The summed E-state index contributed by atoms with van der Waals surface area (Å²) in [6, 6.07) is -0.865. The van der Waals surface area contributed by atoms with Crippen molar-refractivity contribution in [2.24, 2.45) is 5.73 Å². The molecule has 0 aromatic rings. The van der Waals surface area contributed by atoms with Crippen molar-refractivity contribution < 1.29 is 24.2 Å². The Bertz CT molecular complexity index is 926. The van der Waals surface area contributed by atoms with Gasteiger partial charge in [0.25, 0.3) is 0 Å². The lowest BCUT2D eigenvalue weighted by atomic mass is 10.0. The summed E-state index contributed by atoms with van der Waals surface area (Å²) in [7, 11) is 0. The fraction of sp³-hybridized carbons (Fsp3) is 0.744. The first-order valence-electron chi connectivity index (χ1n) is 20.5. The zero-order valence-corrected chi connectivity index (χ0v) is 32.2. The molecule has 0 saturated carbocycles. The highest BCUT2D eigenvalue weighted by Gasteiger charge is 2.19. The maximum absolute atomic E-state index is 12.7. The van der Waals surface area contributed by atoms with Gasteiger partial charge in [0.05, 0.1) is 0 Å². The lowest BCUT2D eigenvalue weighted by molar-refractivity contribution is -0.150. The number of carbonyl (C=O) groups excluding carboxylic acids is 2. The Kier molecular flexibility index (Phi) is 35.6. The largest absolute Gasteiger partial charge is 0.480 e. The molecule has 0 bridgehead atoms. The summed E-state index contributed by atoms with van der Waals surface area (Å²) in [5.41, 5.74) is 5.47. The molecule has 1 amide bonds. The van der Waals surface area contributed by atoms with E-state index in [1.807, 2.05) is 0 Å². The Morgan fingerprint density at radius 1 is 0.600 bits per heavy atom. The Morgan fingerprint density at radius 3 is 1.66 bits per heavy atom. The van der Waals surface area contributed by atoms with Crippen LogP contribution in [-0.4, -0.2) is 41.6 Å². The molecule has 50 heavy (non-hydrogen) atoms. The fourth-order valence-electron chi connectivity index (χ4n) is 5.85. The maximum atomic E-state index is 12.7. The molecule has 0 aromatic heterocycles. The summed E-state index contributed by atoms with van der Waals surface area (Å²) in [4.78, 5) is 36.2. The molecule has 4 N–H and O–H groups in total. The minimum Gasteiger partial charge on any atom is -0.480 e. The molecule has 0 radical (unpaired) electrons. The Hall–Kier alpha value is -2.67. The van der Waals surface area contributed by atoms with Crippen LogP contribution in [0.4, 0.5) is 0 Å². The Labute approximate surface area is 307 Å². The van der Waals surface area contributed by atoms with E-state index in [-0.39, 0.29) is 18.0 Å². The third kappa shape index (κ3) is 33.8. The monoisotopic (exact) mass is 701 g/mol. The van der Waals surface area contributed by atoms with E-state index in [2.05, 4.69) is 67.8 Å². The zero-order valence-electron chi connectivity index (χ0n) is 32.2. The molecule has 0 spiro atoms. The van der Waals surface area contributed by atoms with Crippen LogP contribution in [0.3, 0.4) is 0 Å². The first-order chi connectivity index (χ1) is 24.4. The van der Waals surface area contributed by atoms with Gasteiger partial charge in [-0.05, 0) is 96.4 Å². The number of amides is 1. The first-order valence-corrected chi connectivity index (χ1v) is 20.5. The molecule has 7 heteroatoms. The van der Waals surface area contributed by atoms with Crippen molar-refractivity contribution in [1.82, 2.24) is 5.32 Å². The first kappa shape index (κ1) is 47.3. The quantitative estimate of drug-likeness (QED) is 0.0340.